The van der Waals surface area contributed by atoms with E-state index in [1.807, 2.05) is 48.5 Å². The smallest absolute Gasteiger partial charge is 0.224 e. The fourth-order valence-corrected chi connectivity index (χ4v) is 5.68. The number of aromatic amines is 2. The maximum Gasteiger partial charge on any atom is 0.224 e. The fraction of sp³-hybridized carbons (Fsp3) is 0.161. The molecule has 0 radical (unpaired) electrons. The number of pyridine rings is 1. The Bertz CT molecular complexity index is 1840. The van der Waals surface area contributed by atoms with E-state index < -0.39 is 0 Å². The number of hydrogen-bond acceptors (Lipinski definition) is 5. The minimum Gasteiger partial charge on any atom is -0.353 e. The van der Waals surface area contributed by atoms with E-state index in [9.17, 15) is 9.59 Å². The average molecular weight is 534 g/mol. The molecule has 0 bridgehead atoms. The van der Waals surface area contributed by atoms with Crippen molar-refractivity contribution >= 4 is 50.5 Å². The minimum atomic E-state index is 0.0364. The normalized spacial score (nSPS) is 11.3. The first-order chi connectivity index (χ1) is 19.0. The number of aromatic nitrogens is 4. The molecular weight excluding hydrogens is 506 g/mol. The number of nitrogens with zero attached hydrogens (tertiary/aromatic N) is 2. The first-order valence-corrected chi connectivity index (χ1v) is 13.8. The molecule has 0 saturated carbocycles. The van der Waals surface area contributed by atoms with Gasteiger partial charge in [0.1, 0.15) is 5.69 Å². The van der Waals surface area contributed by atoms with E-state index in [4.69, 9.17) is 0 Å². The summed E-state index contributed by atoms with van der Waals surface area (Å²) in [6.45, 7) is 3.66. The Kier molecular flexibility index (Phi) is 6.54. The van der Waals surface area contributed by atoms with Gasteiger partial charge in [0.2, 0.25) is 5.91 Å². The molecule has 0 aliphatic rings. The van der Waals surface area contributed by atoms with Gasteiger partial charge in [-0.1, -0.05) is 31.5 Å². The lowest BCUT2D eigenvalue weighted by Crippen LogP contribution is -2.10. The summed E-state index contributed by atoms with van der Waals surface area (Å²) in [5.74, 6) is 0.0886. The highest BCUT2D eigenvalue weighted by molar-refractivity contribution is 7.17. The zero-order chi connectivity index (χ0) is 26.9. The van der Waals surface area contributed by atoms with Crippen LogP contribution in [0.1, 0.15) is 42.8 Å². The number of amides is 1. The van der Waals surface area contributed by atoms with Crippen LogP contribution in [0.25, 0.3) is 54.9 Å². The molecule has 0 atom stereocenters. The van der Waals surface area contributed by atoms with Gasteiger partial charge in [0, 0.05) is 34.6 Å². The van der Waals surface area contributed by atoms with Crippen LogP contribution in [-0.4, -0.2) is 31.9 Å². The van der Waals surface area contributed by atoms with Crippen molar-refractivity contribution in [2.45, 2.75) is 33.1 Å². The molecule has 0 aliphatic heterocycles. The molecule has 2 aromatic carbocycles. The molecule has 0 saturated heterocycles. The third kappa shape index (κ3) is 4.86. The van der Waals surface area contributed by atoms with Crippen molar-refractivity contribution in [1.29, 1.82) is 0 Å². The van der Waals surface area contributed by atoms with Gasteiger partial charge in [0.05, 0.1) is 26.7 Å². The maximum absolute atomic E-state index is 12.2. The lowest BCUT2D eigenvalue weighted by molar-refractivity contribution is -0.116. The average Bonchev–Trinajstić information content (AvgIpc) is 3.69. The van der Waals surface area contributed by atoms with Gasteiger partial charge >= 0.3 is 0 Å². The number of carbonyl (C=O) groups is 2. The number of anilines is 1. The first kappa shape index (κ1) is 24.8. The Morgan fingerprint density at radius 3 is 2.59 bits per heavy atom. The van der Waals surface area contributed by atoms with Crippen LogP contribution in [0.15, 0.2) is 72.9 Å². The molecule has 0 spiro atoms. The predicted molar refractivity (Wildman–Crippen MR) is 158 cm³/mol. The number of Topliss-reactive ketones (excluding diaryl/α,β-unsaturated/α-hetero) is 1. The van der Waals surface area contributed by atoms with Crippen molar-refractivity contribution in [3.63, 3.8) is 0 Å². The molecular formula is C31H27N5O2S. The number of unbranched alkanes of at least 4 members (excludes halogenated alkanes) is 1. The largest absolute Gasteiger partial charge is 0.353 e. The van der Waals surface area contributed by atoms with Gasteiger partial charge in [-0.25, -0.2) is 0 Å². The van der Waals surface area contributed by atoms with Crippen molar-refractivity contribution in [3.05, 3.63) is 77.8 Å². The Morgan fingerprint density at radius 1 is 0.923 bits per heavy atom. The molecule has 1 amide bonds. The highest BCUT2D eigenvalue weighted by Gasteiger charge is 2.16. The number of rotatable bonds is 8. The van der Waals surface area contributed by atoms with Crippen molar-refractivity contribution < 1.29 is 9.59 Å². The number of hydrogen-bond donors (Lipinski definition) is 3. The Morgan fingerprint density at radius 2 is 1.77 bits per heavy atom. The summed E-state index contributed by atoms with van der Waals surface area (Å²) < 4.78 is 0. The number of ketones is 1. The van der Waals surface area contributed by atoms with Crippen molar-refractivity contribution in [2.24, 2.45) is 0 Å². The topological polar surface area (TPSA) is 104 Å². The van der Waals surface area contributed by atoms with Crippen LogP contribution in [0.2, 0.25) is 0 Å². The molecule has 4 heterocycles. The third-order valence-electron chi connectivity index (χ3n) is 6.79. The first-order valence-electron chi connectivity index (χ1n) is 13.0. The number of carbonyl (C=O) groups excluding carboxylic acids is 2. The molecule has 7 nitrogen and oxygen atoms in total. The van der Waals surface area contributed by atoms with Crippen LogP contribution < -0.4 is 5.32 Å². The van der Waals surface area contributed by atoms with Gasteiger partial charge < -0.3 is 10.3 Å². The SMILES string of the molecule is CCCCC(=O)Nc1cccc(-c2ccc3[nH]nc(-c4cc5c(-c6ccc(C(C)=O)s6)nccc5[nH]4)c3c2)c1. The van der Waals surface area contributed by atoms with E-state index >= 15 is 0 Å². The van der Waals surface area contributed by atoms with Gasteiger partial charge in [0.15, 0.2) is 5.78 Å². The summed E-state index contributed by atoms with van der Waals surface area (Å²) >= 11 is 1.45. The van der Waals surface area contributed by atoms with E-state index in [0.717, 1.165) is 78.3 Å². The molecule has 6 aromatic rings. The second kappa shape index (κ2) is 10.3. The molecule has 6 rings (SSSR count). The Hall–Kier alpha value is -4.56. The molecule has 3 N–H and O–H groups in total. The summed E-state index contributed by atoms with van der Waals surface area (Å²) in [6, 6.07) is 21.9. The maximum atomic E-state index is 12.2. The second-order valence-electron chi connectivity index (χ2n) is 9.59. The van der Waals surface area contributed by atoms with Crippen LogP contribution in [0.4, 0.5) is 5.69 Å². The van der Waals surface area contributed by atoms with Gasteiger partial charge in [-0.05, 0) is 73.0 Å². The Balaban J connectivity index is 1.36. The number of benzene rings is 2. The second-order valence-corrected chi connectivity index (χ2v) is 10.7. The van der Waals surface area contributed by atoms with Gasteiger partial charge in [-0.15, -0.1) is 11.3 Å². The van der Waals surface area contributed by atoms with Gasteiger partial charge in [-0.3, -0.25) is 19.7 Å². The lowest BCUT2D eigenvalue weighted by atomic mass is 10.0. The molecule has 0 fully saturated rings. The van der Waals surface area contributed by atoms with Crippen LogP contribution in [0.3, 0.4) is 0 Å². The van der Waals surface area contributed by atoms with Gasteiger partial charge in [-0.2, -0.15) is 5.10 Å². The molecule has 4 aromatic heterocycles. The van der Waals surface area contributed by atoms with E-state index in [0.29, 0.717) is 6.42 Å². The van der Waals surface area contributed by atoms with Crippen molar-refractivity contribution in [1.82, 2.24) is 20.2 Å². The van der Waals surface area contributed by atoms with E-state index in [1.165, 1.54) is 11.3 Å². The number of fused-ring (bicyclic) bond motifs is 2. The van der Waals surface area contributed by atoms with E-state index in [1.54, 1.807) is 13.1 Å². The van der Waals surface area contributed by atoms with Gasteiger partial charge in [0.25, 0.3) is 0 Å². The molecule has 194 valence electrons. The van der Waals surface area contributed by atoms with Crippen LogP contribution in [0, 0.1) is 0 Å². The molecule has 8 heteroatoms. The van der Waals surface area contributed by atoms with Crippen LogP contribution in [-0.2, 0) is 4.79 Å². The van der Waals surface area contributed by atoms with Crippen molar-refractivity contribution in [2.75, 3.05) is 5.32 Å². The minimum absolute atomic E-state index is 0.0364. The van der Waals surface area contributed by atoms with E-state index in [2.05, 4.69) is 50.6 Å². The number of H-pyrrole nitrogens is 2. The summed E-state index contributed by atoms with van der Waals surface area (Å²) in [4.78, 5) is 33.9. The summed E-state index contributed by atoms with van der Waals surface area (Å²) in [7, 11) is 0. The number of nitrogens with one attached hydrogen (secondary N) is 3. The number of thiophene rings is 1. The summed E-state index contributed by atoms with van der Waals surface area (Å²) in [6.07, 6.45) is 4.17. The molecule has 0 aliphatic carbocycles. The molecule has 39 heavy (non-hydrogen) atoms. The highest BCUT2D eigenvalue weighted by Crippen LogP contribution is 2.36. The zero-order valence-electron chi connectivity index (χ0n) is 21.7. The zero-order valence-corrected chi connectivity index (χ0v) is 22.5. The quantitative estimate of drug-likeness (QED) is 0.173. The Labute approximate surface area is 229 Å². The monoisotopic (exact) mass is 533 g/mol. The van der Waals surface area contributed by atoms with Crippen molar-refractivity contribution in [3.8, 4) is 33.1 Å². The highest BCUT2D eigenvalue weighted by atomic mass is 32.1. The summed E-state index contributed by atoms with van der Waals surface area (Å²) in [5.41, 5.74) is 7.24. The van der Waals surface area contributed by atoms with Crippen LogP contribution >= 0.6 is 11.3 Å². The van der Waals surface area contributed by atoms with Crippen LogP contribution in [0.5, 0.6) is 0 Å². The summed E-state index contributed by atoms with van der Waals surface area (Å²) in [5, 5.41) is 12.8. The fourth-order valence-electron chi connectivity index (χ4n) is 4.77. The molecule has 0 unspecified atom stereocenters. The van der Waals surface area contributed by atoms with E-state index in [-0.39, 0.29) is 11.7 Å². The lowest BCUT2D eigenvalue weighted by Gasteiger charge is -2.08. The third-order valence-corrected chi connectivity index (χ3v) is 7.98. The predicted octanol–water partition coefficient (Wildman–Crippen LogP) is 7.83. The standard InChI is InChI=1S/C31H27N5O2S/c1-3-4-8-29(38)33-21-7-5-6-19(15-21)20-9-10-25-22(16-20)30(36-35-25)26-17-23-24(34-26)13-14-32-31(23)28-12-11-27(39-28)18(2)37/h5-7,9-17,34H,3-4,8H2,1-2H3,(H,33,38)(H,35,36).